The molecule has 0 aliphatic rings. The molecule has 0 aliphatic carbocycles. The summed E-state index contributed by atoms with van der Waals surface area (Å²) in [4.78, 5) is 15.7. The monoisotopic (exact) mass is 206 g/mol. The maximum Gasteiger partial charge on any atom is 0.251 e. The van der Waals surface area contributed by atoms with Crippen LogP contribution in [0.2, 0.25) is 0 Å². The molecule has 4 heteroatoms. The molecule has 0 spiro atoms. The number of fused-ring (bicyclic) bond motifs is 1. The molecule has 0 unspecified atom stereocenters. The Hall–Kier alpha value is -1.29. The highest BCUT2D eigenvalue weighted by molar-refractivity contribution is 7.97. The largest absolute Gasteiger partial charge is 0.297 e. The van der Waals surface area contributed by atoms with Crippen molar-refractivity contribution in [2.75, 3.05) is 6.26 Å². The number of aromatic nitrogens is 2. The smallest absolute Gasteiger partial charge is 0.251 e. The summed E-state index contributed by atoms with van der Waals surface area (Å²) in [6, 6.07) is 7.08. The molecule has 0 bridgehead atoms. The molecule has 2 aromatic rings. The van der Waals surface area contributed by atoms with Crippen LogP contribution >= 0.6 is 11.8 Å². The van der Waals surface area contributed by atoms with E-state index in [0.29, 0.717) is 5.88 Å². The van der Waals surface area contributed by atoms with E-state index in [-0.39, 0.29) is 5.56 Å². The van der Waals surface area contributed by atoms with E-state index in [1.165, 1.54) is 0 Å². The minimum atomic E-state index is 0.0276. The number of nitrogens with zero attached hydrogens (tertiary/aromatic N) is 2. The lowest BCUT2D eigenvalue weighted by Gasteiger charge is -2.06. The molecule has 0 N–H and O–H groups in total. The molecular formula is C10H10N2OS. The van der Waals surface area contributed by atoms with Gasteiger partial charge >= 0.3 is 0 Å². The molecule has 0 amide bonds. The van der Waals surface area contributed by atoms with Crippen molar-refractivity contribution < 1.29 is 0 Å². The van der Waals surface area contributed by atoms with E-state index in [4.69, 9.17) is 0 Å². The van der Waals surface area contributed by atoms with Crippen molar-refractivity contribution in [3.63, 3.8) is 0 Å². The van der Waals surface area contributed by atoms with Crippen LogP contribution in [0.4, 0.5) is 0 Å². The molecule has 0 saturated heterocycles. The van der Waals surface area contributed by atoms with E-state index in [9.17, 15) is 4.79 Å². The van der Waals surface area contributed by atoms with Gasteiger partial charge in [0.2, 0.25) is 0 Å². The third-order valence-corrected chi connectivity index (χ3v) is 2.53. The molecule has 3 nitrogen and oxygen atoms in total. The van der Waals surface area contributed by atoms with Crippen molar-refractivity contribution in [1.82, 2.24) is 9.55 Å². The lowest BCUT2D eigenvalue weighted by Crippen LogP contribution is -2.18. The molecule has 0 atom stereocenters. The van der Waals surface area contributed by atoms with Crippen LogP contribution in [0.5, 0.6) is 0 Å². The van der Waals surface area contributed by atoms with Crippen LogP contribution in [0.1, 0.15) is 0 Å². The van der Waals surface area contributed by atoms with Crippen LogP contribution in [0.15, 0.2) is 35.3 Å². The van der Waals surface area contributed by atoms with E-state index in [1.54, 1.807) is 34.7 Å². The van der Waals surface area contributed by atoms with Gasteiger partial charge in [0, 0.05) is 12.3 Å². The van der Waals surface area contributed by atoms with Crippen LogP contribution in [-0.2, 0) is 5.88 Å². The highest BCUT2D eigenvalue weighted by Crippen LogP contribution is 2.09. The molecule has 2 aromatic heterocycles. The van der Waals surface area contributed by atoms with Gasteiger partial charge in [-0.25, -0.2) is 0 Å². The number of rotatable bonds is 2. The van der Waals surface area contributed by atoms with Gasteiger partial charge in [0.25, 0.3) is 5.56 Å². The Kier molecular flexibility index (Phi) is 2.54. The second-order valence-electron chi connectivity index (χ2n) is 2.93. The summed E-state index contributed by atoms with van der Waals surface area (Å²) in [6.07, 6.45) is 3.71. The first-order chi connectivity index (χ1) is 6.83. The molecule has 0 aliphatic heterocycles. The fourth-order valence-electron chi connectivity index (χ4n) is 1.39. The molecule has 14 heavy (non-hydrogen) atoms. The van der Waals surface area contributed by atoms with Crippen molar-refractivity contribution in [2.45, 2.75) is 5.88 Å². The van der Waals surface area contributed by atoms with Crippen molar-refractivity contribution in [3.8, 4) is 0 Å². The van der Waals surface area contributed by atoms with Crippen LogP contribution in [-0.4, -0.2) is 15.8 Å². The quantitative estimate of drug-likeness (QED) is 0.750. The van der Waals surface area contributed by atoms with Gasteiger partial charge < -0.3 is 0 Å². The Labute approximate surface area is 85.8 Å². The average molecular weight is 206 g/mol. The lowest BCUT2D eigenvalue weighted by atomic mass is 10.3. The second-order valence-corrected chi connectivity index (χ2v) is 3.76. The van der Waals surface area contributed by atoms with Crippen LogP contribution in [0, 0.1) is 0 Å². The van der Waals surface area contributed by atoms with Gasteiger partial charge in [0.1, 0.15) is 0 Å². The van der Waals surface area contributed by atoms with Crippen LogP contribution in [0.3, 0.4) is 0 Å². The van der Waals surface area contributed by atoms with Gasteiger partial charge in [-0.3, -0.25) is 14.3 Å². The predicted molar refractivity (Wildman–Crippen MR) is 59.5 cm³/mol. The highest BCUT2D eigenvalue weighted by Gasteiger charge is 2.01. The molecule has 2 heterocycles. The Balaban J connectivity index is 2.76. The number of thioether (sulfide) groups is 1. The summed E-state index contributed by atoms with van der Waals surface area (Å²) < 4.78 is 1.73. The molecule has 2 rings (SSSR count). The summed E-state index contributed by atoms with van der Waals surface area (Å²) >= 11 is 1.62. The summed E-state index contributed by atoms with van der Waals surface area (Å²) in [5, 5.41) is 0. The average Bonchev–Trinajstić information content (AvgIpc) is 2.23. The first-order valence-electron chi connectivity index (χ1n) is 4.26. The maximum absolute atomic E-state index is 11.5. The lowest BCUT2D eigenvalue weighted by molar-refractivity contribution is 0.882. The normalized spacial score (nSPS) is 10.6. The summed E-state index contributed by atoms with van der Waals surface area (Å²) in [6.45, 7) is 0. The second kappa shape index (κ2) is 3.84. The molecule has 0 fully saturated rings. The zero-order chi connectivity index (χ0) is 9.97. The van der Waals surface area contributed by atoms with Crippen LogP contribution in [0.25, 0.3) is 11.0 Å². The molecular weight excluding hydrogens is 196 g/mol. The molecule has 72 valence electrons. The van der Waals surface area contributed by atoms with Crippen molar-refractivity contribution >= 4 is 22.8 Å². The zero-order valence-electron chi connectivity index (χ0n) is 7.80. The Morgan fingerprint density at radius 3 is 3.07 bits per heavy atom. The van der Waals surface area contributed by atoms with Gasteiger partial charge in [0.15, 0.2) is 0 Å². The van der Waals surface area contributed by atoms with Gasteiger partial charge in [-0.15, -0.1) is 11.8 Å². The highest BCUT2D eigenvalue weighted by atomic mass is 32.2. The van der Waals surface area contributed by atoms with E-state index >= 15 is 0 Å². The third-order valence-electron chi connectivity index (χ3n) is 2.02. The van der Waals surface area contributed by atoms with Crippen molar-refractivity contribution in [3.05, 3.63) is 40.8 Å². The number of hydrogen-bond donors (Lipinski definition) is 0. The van der Waals surface area contributed by atoms with E-state index in [1.807, 2.05) is 18.4 Å². The van der Waals surface area contributed by atoms with E-state index < -0.39 is 0 Å². The van der Waals surface area contributed by atoms with Crippen molar-refractivity contribution in [2.24, 2.45) is 0 Å². The third kappa shape index (κ3) is 1.53. The standard InChI is InChI=1S/C10H10N2OS/c1-14-7-12-9-3-2-6-11-8(9)4-5-10(12)13/h2-6H,7H2,1H3. The van der Waals surface area contributed by atoms with Gasteiger partial charge in [-0.2, -0.15) is 0 Å². The Bertz CT molecular complexity index is 507. The number of pyridine rings is 2. The summed E-state index contributed by atoms with van der Waals surface area (Å²) in [5.41, 5.74) is 1.79. The zero-order valence-corrected chi connectivity index (χ0v) is 8.62. The van der Waals surface area contributed by atoms with Crippen molar-refractivity contribution in [1.29, 1.82) is 0 Å². The fourth-order valence-corrected chi connectivity index (χ4v) is 1.91. The maximum atomic E-state index is 11.5. The minimum Gasteiger partial charge on any atom is -0.297 e. The predicted octanol–water partition coefficient (Wildman–Crippen LogP) is 1.72. The van der Waals surface area contributed by atoms with E-state index in [2.05, 4.69) is 4.98 Å². The Morgan fingerprint density at radius 2 is 2.29 bits per heavy atom. The van der Waals surface area contributed by atoms with Crippen LogP contribution < -0.4 is 5.56 Å². The van der Waals surface area contributed by atoms with Gasteiger partial charge in [-0.05, 0) is 24.5 Å². The number of hydrogen-bond acceptors (Lipinski definition) is 3. The molecule has 0 aromatic carbocycles. The first kappa shape index (κ1) is 9.27. The fraction of sp³-hybridized carbons (Fsp3) is 0.200. The Morgan fingerprint density at radius 1 is 1.43 bits per heavy atom. The first-order valence-corrected chi connectivity index (χ1v) is 5.66. The van der Waals surface area contributed by atoms with E-state index in [0.717, 1.165) is 11.0 Å². The molecule has 0 radical (unpaired) electrons. The molecule has 0 saturated carbocycles. The minimum absolute atomic E-state index is 0.0276. The van der Waals surface area contributed by atoms with Gasteiger partial charge in [0.05, 0.1) is 16.9 Å². The topological polar surface area (TPSA) is 34.9 Å². The van der Waals surface area contributed by atoms with Gasteiger partial charge in [-0.1, -0.05) is 0 Å². The summed E-state index contributed by atoms with van der Waals surface area (Å²) in [5.74, 6) is 0.669. The summed E-state index contributed by atoms with van der Waals surface area (Å²) in [7, 11) is 0. The SMILES string of the molecule is CSCn1c(=O)ccc2ncccc21.